The molecule has 4 nitrogen and oxygen atoms in total. The van der Waals surface area contributed by atoms with Crippen LogP contribution in [-0.4, -0.2) is 23.7 Å². The lowest BCUT2D eigenvalue weighted by Gasteiger charge is -2.26. The van der Waals surface area contributed by atoms with Crippen LogP contribution in [0.3, 0.4) is 0 Å². The second kappa shape index (κ2) is 5.87. The second-order valence-corrected chi connectivity index (χ2v) is 4.91. The van der Waals surface area contributed by atoms with Gasteiger partial charge in [0.25, 0.3) is 5.91 Å². The molecule has 0 aliphatic heterocycles. The number of hydrogen-bond donors (Lipinski definition) is 2. The number of hydrogen-bond acceptors (Lipinski definition) is 3. The van der Waals surface area contributed by atoms with E-state index >= 15 is 0 Å². The van der Waals surface area contributed by atoms with Crippen LogP contribution in [0, 0.1) is 0 Å². The average Bonchev–Trinajstić information content (AvgIpc) is 2.37. The van der Waals surface area contributed by atoms with E-state index in [9.17, 15) is 9.90 Å². The minimum absolute atomic E-state index is 0.322. The van der Waals surface area contributed by atoms with Crippen LogP contribution in [0.15, 0.2) is 24.3 Å². The minimum Gasteiger partial charge on any atom is -0.497 e. The Hall–Kier alpha value is -1.55. The van der Waals surface area contributed by atoms with Gasteiger partial charge in [-0.3, -0.25) is 4.79 Å². The molecule has 18 heavy (non-hydrogen) atoms. The van der Waals surface area contributed by atoms with Crippen LogP contribution in [0.25, 0.3) is 0 Å². The molecule has 0 bridgehead atoms. The van der Waals surface area contributed by atoms with E-state index in [0.29, 0.717) is 11.3 Å². The SMILES string of the molecule is CCC(C)(C)NC(=O)C(O)c1cccc(OC)c1. The molecule has 1 aromatic rings. The number of amides is 1. The van der Waals surface area contributed by atoms with Crippen LogP contribution in [0.4, 0.5) is 0 Å². The Kier molecular flexibility index (Phi) is 4.73. The molecule has 0 saturated carbocycles. The molecule has 0 aliphatic carbocycles. The van der Waals surface area contributed by atoms with Crippen LogP contribution < -0.4 is 10.1 Å². The van der Waals surface area contributed by atoms with Gasteiger partial charge in [0.15, 0.2) is 6.10 Å². The van der Waals surface area contributed by atoms with E-state index in [2.05, 4.69) is 5.32 Å². The lowest BCUT2D eigenvalue weighted by molar-refractivity contribution is -0.131. The number of rotatable bonds is 5. The first kappa shape index (κ1) is 14.5. The number of aliphatic hydroxyl groups is 1. The molecule has 0 heterocycles. The van der Waals surface area contributed by atoms with Gasteiger partial charge in [-0.15, -0.1) is 0 Å². The Bertz CT molecular complexity index is 415. The highest BCUT2D eigenvalue weighted by molar-refractivity contribution is 5.82. The molecule has 0 saturated heterocycles. The fourth-order valence-electron chi connectivity index (χ4n) is 1.45. The average molecular weight is 251 g/mol. The third-order valence-electron chi connectivity index (χ3n) is 3.00. The maximum Gasteiger partial charge on any atom is 0.253 e. The second-order valence-electron chi connectivity index (χ2n) is 4.91. The summed E-state index contributed by atoms with van der Waals surface area (Å²) in [4.78, 5) is 11.9. The molecule has 0 fully saturated rings. The molecule has 1 unspecified atom stereocenters. The molecular weight excluding hydrogens is 230 g/mol. The van der Waals surface area contributed by atoms with E-state index < -0.39 is 12.0 Å². The highest BCUT2D eigenvalue weighted by Crippen LogP contribution is 2.20. The number of methoxy groups -OCH3 is 1. The molecule has 0 radical (unpaired) electrons. The lowest BCUT2D eigenvalue weighted by Crippen LogP contribution is -2.45. The van der Waals surface area contributed by atoms with Crippen LogP contribution in [0.2, 0.25) is 0 Å². The number of ether oxygens (including phenoxy) is 1. The zero-order valence-electron chi connectivity index (χ0n) is 11.4. The van der Waals surface area contributed by atoms with Crippen LogP contribution in [-0.2, 0) is 4.79 Å². The van der Waals surface area contributed by atoms with Gasteiger partial charge in [-0.1, -0.05) is 19.1 Å². The summed E-state index contributed by atoms with van der Waals surface area (Å²) in [5.74, 6) is 0.226. The highest BCUT2D eigenvalue weighted by Gasteiger charge is 2.24. The van der Waals surface area contributed by atoms with Crippen molar-refractivity contribution in [2.75, 3.05) is 7.11 Å². The van der Waals surface area contributed by atoms with Crippen molar-refractivity contribution < 1.29 is 14.6 Å². The first-order valence-corrected chi connectivity index (χ1v) is 6.03. The van der Waals surface area contributed by atoms with Crippen LogP contribution >= 0.6 is 0 Å². The number of aliphatic hydroxyl groups excluding tert-OH is 1. The maximum atomic E-state index is 11.9. The number of carbonyl (C=O) groups is 1. The predicted octanol–water partition coefficient (Wildman–Crippen LogP) is 2.03. The summed E-state index contributed by atoms with van der Waals surface area (Å²) in [6, 6.07) is 6.87. The fourth-order valence-corrected chi connectivity index (χ4v) is 1.45. The van der Waals surface area contributed by atoms with Gasteiger partial charge >= 0.3 is 0 Å². The largest absolute Gasteiger partial charge is 0.497 e. The molecule has 100 valence electrons. The summed E-state index contributed by atoms with van der Waals surface area (Å²) in [5.41, 5.74) is 0.204. The Morgan fingerprint density at radius 2 is 2.17 bits per heavy atom. The summed E-state index contributed by atoms with van der Waals surface area (Å²) in [6.07, 6.45) is -0.380. The zero-order chi connectivity index (χ0) is 13.8. The van der Waals surface area contributed by atoms with E-state index in [4.69, 9.17) is 4.74 Å². The topological polar surface area (TPSA) is 58.6 Å². The molecule has 4 heteroatoms. The summed E-state index contributed by atoms with van der Waals surface area (Å²) in [6.45, 7) is 5.82. The molecule has 0 aliphatic rings. The van der Waals surface area contributed by atoms with Crippen molar-refractivity contribution in [3.63, 3.8) is 0 Å². The van der Waals surface area contributed by atoms with Crippen molar-refractivity contribution in [2.24, 2.45) is 0 Å². The van der Waals surface area contributed by atoms with Gasteiger partial charge in [0, 0.05) is 5.54 Å². The number of benzene rings is 1. The number of carbonyl (C=O) groups excluding carboxylic acids is 1. The fraction of sp³-hybridized carbons (Fsp3) is 0.500. The monoisotopic (exact) mass is 251 g/mol. The third-order valence-corrected chi connectivity index (χ3v) is 3.00. The quantitative estimate of drug-likeness (QED) is 0.842. The van der Waals surface area contributed by atoms with Crippen molar-refractivity contribution in [3.05, 3.63) is 29.8 Å². The summed E-state index contributed by atoms with van der Waals surface area (Å²) in [5, 5.41) is 12.8. The van der Waals surface area contributed by atoms with Gasteiger partial charge < -0.3 is 15.2 Å². The van der Waals surface area contributed by atoms with Crippen molar-refractivity contribution in [3.8, 4) is 5.75 Å². The van der Waals surface area contributed by atoms with E-state index in [1.54, 1.807) is 31.4 Å². The maximum absolute atomic E-state index is 11.9. The minimum atomic E-state index is -1.18. The highest BCUT2D eigenvalue weighted by atomic mass is 16.5. The van der Waals surface area contributed by atoms with Gasteiger partial charge in [-0.25, -0.2) is 0 Å². The van der Waals surface area contributed by atoms with E-state index in [1.807, 2.05) is 20.8 Å². The van der Waals surface area contributed by atoms with Gasteiger partial charge in [-0.05, 0) is 38.0 Å². The third kappa shape index (κ3) is 3.74. The van der Waals surface area contributed by atoms with Crippen molar-refractivity contribution in [1.82, 2.24) is 5.32 Å². The van der Waals surface area contributed by atoms with Crippen molar-refractivity contribution >= 4 is 5.91 Å². The Morgan fingerprint density at radius 3 is 2.72 bits per heavy atom. The van der Waals surface area contributed by atoms with Gasteiger partial charge in [-0.2, -0.15) is 0 Å². The van der Waals surface area contributed by atoms with Gasteiger partial charge in [0.2, 0.25) is 0 Å². The Morgan fingerprint density at radius 1 is 1.50 bits per heavy atom. The molecule has 1 amide bonds. The molecular formula is C14H21NO3. The van der Waals surface area contributed by atoms with E-state index in [-0.39, 0.29) is 5.54 Å². The normalized spacial score (nSPS) is 12.9. The first-order valence-electron chi connectivity index (χ1n) is 6.03. The zero-order valence-corrected chi connectivity index (χ0v) is 11.4. The van der Waals surface area contributed by atoms with E-state index in [0.717, 1.165) is 6.42 Å². The predicted molar refractivity (Wildman–Crippen MR) is 70.5 cm³/mol. The molecule has 1 aromatic carbocycles. The molecule has 1 rings (SSSR count). The molecule has 2 N–H and O–H groups in total. The summed E-state index contributed by atoms with van der Waals surface area (Å²) >= 11 is 0. The Balaban J connectivity index is 2.80. The van der Waals surface area contributed by atoms with E-state index in [1.165, 1.54) is 0 Å². The smallest absolute Gasteiger partial charge is 0.253 e. The summed E-state index contributed by atoms with van der Waals surface area (Å²) < 4.78 is 5.06. The van der Waals surface area contributed by atoms with Crippen LogP contribution in [0.1, 0.15) is 38.9 Å². The molecule has 0 spiro atoms. The Labute approximate surface area is 108 Å². The van der Waals surface area contributed by atoms with Crippen LogP contribution in [0.5, 0.6) is 5.75 Å². The standard InChI is InChI=1S/C14H21NO3/c1-5-14(2,3)15-13(17)12(16)10-7-6-8-11(9-10)18-4/h6-9,12,16H,5H2,1-4H3,(H,15,17). The molecule has 0 aromatic heterocycles. The van der Waals surface area contributed by atoms with Gasteiger partial charge in [0.1, 0.15) is 5.75 Å². The van der Waals surface area contributed by atoms with Crippen molar-refractivity contribution in [1.29, 1.82) is 0 Å². The first-order chi connectivity index (χ1) is 8.39. The van der Waals surface area contributed by atoms with Gasteiger partial charge in [0.05, 0.1) is 7.11 Å². The molecule has 1 atom stereocenters. The summed E-state index contributed by atoms with van der Waals surface area (Å²) in [7, 11) is 1.55. The lowest BCUT2D eigenvalue weighted by atomic mass is 10.0. The number of nitrogens with one attached hydrogen (secondary N) is 1. The van der Waals surface area contributed by atoms with Crippen molar-refractivity contribution in [2.45, 2.75) is 38.8 Å².